The molecule has 1 aliphatic carbocycles. The highest BCUT2D eigenvalue weighted by atomic mass is 16.5. The van der Waals surface area contributed by atoms with Crippen LogP contribution >= 0.6 is 0 Å². The van der Waals surface area contributed by atoms with E-state index in [1.807, 2.05) is 0 Å². The summed E-state index contributed by atoms with van der Waals surface area (Å²) in [5.41, 5.74) is 5.69. The van der Waals surface area contributed by atoms with Gasteiger partial charge in [-0.05, 0) is 13.5 Å². The van der Waals surface area contributed by atoms with Gasteiger partial charge in [-0.15, -0.1) is 0 Å². The lowest BCUT2D eigenvalue weighted by Crippen LogP contribution is -2.61. The van der Waals surface area contributed by atoms with E-state index in [4.69, 9.17) is 10.5 Å². The maximum absolute atomic E-state index is 11.6. The number of nitrogens with one attached hydrogen (secondary N) is 2. The molecule has 8 heteroatoms. The maximum atomic E-state index is 11.6. The summed E-state index contributed by atoms with van der Waals surface area (Å²) in [4.78, 5) is 43.5. The summed E-state index contributed by atoms with van der Waals surface area (Å²) in [6, 6.07) is -1.48. The number of rotatable bonds is 7. The Kier molecular flexibility index (Phi) is 5.58. The number of nitrogens with two attached hydrogens (primary N) is 1. The Balaban J connectivity index is 2.32. The fourth-order valence-corrected chi connectivity index (χ4v) is 1.92. The van der Waals surface area contributed by atoms with Crippen molar-refractivity contribution in [1.82, 2.24) is 10.6 Å². The van der Waals surface area contributed by atoms with Crippen LogP contribution in [-0.2, 0) is 23.9 Å². The molecule has 1 fully saturated rings. The Morgan fingerprint density at radius 1 is 1.42 bits per heavy atom. The number of carbonyl (C=O) groups is 4. The van der Waals surface area contributed by atoms with E-state index >= 15 is 0 Å². The first-order valence-corrected chi connectivity index (χ1v) is 5.83. The molecule has 106 valence electrons. The molecule has 0 radical (unpaired) electrons. The van der Waals surface area contributed by atoms with Gasteiger partial charge < -0.3 is 30.7 Å². The van der Waals surface area contributed by atoms with Crippen LogP contribution in [0.15, 0.2) is 0 Å². The van der Waals surface area contributed by atoms with E-state index in [2.05, 4.69) is 10.6 Å². The molecule has 0 aromatic heterocycles. The van der Waals surface area contributed by atoms with Gasteiger partial charge in [-0.25, -0.2) is 0 Å². The number of likely N-dealkylation sites (N-methyl/N-ethyl adjacent to an activating group) is 1. The van der Waals surface area contributed by atoms with Gasteiger partial charge in [-0.2, -0.15) is 0 Å². The highest BCUT2D eigenvalue weighted by molar-refractivity contribution is 5.90. The summed E-state index contributed by atoms with van der Waals surface area (Å²) in [5.74, 6) is -1.60. The fraction of sp³-hybridized carbons (Fsp3) is 0.636. The van der Waals surface area contributed by atoms with E-state index in [1.54, 1.807) is 7.05 Å². The molecule has 1 amide bonds. The second kappa shape index (κ2) is 6.95. The van der Waals surface area contributed by atoms with Gasteiger partial charge in [-0.3, -0.25) is 9.59 Å². The molecule has 0 bridgehead atoms. The van der Waals surface area contributed by atoms with Crippen LogP contribution in [0.4, 0.5) is 0 Å². The van der Waals surface area contributed by atoms with Crippen molar-refractivity contribution in [2.24, 2.45) is 11.7 Å². The highest BCUT2D eigenvalue weighted by Crippen LogP contribution is 2.27. The van der Waals surface area contributed by atoms with Crippen LogP contribution in [0.3, 0.4) is 0 Å². The lowest BCUT2D eigenvalue weighted by Gasteiger charge is -2.40. The molecule has 3 atom stereocenters. The third-order valence-electron chi connectivity index (χ3n) is 3.02. The molecule has 0 heterocycles. The van der Waals surface area contributed by atoms with Gasteiger partial charge in [0.25, 0.3) is 5.91 Å². The van der Waals surface area contributed by atoms with Crippen molar-refractivity contribution < 1.29 is 23.9 Å². The molecular formula is C11H17N3O5. The molecule has 0 aromatic carbocycles. The molecule has 3 unspecified atom stereocenters. The first-order chi connectivity index (χ1) is 9.03. The Morgan fingerprint density at radius 3 is 2.53 bits per heavy atom. The Bertz CT molecular complexity index is 365. The minimum atomic E-state index is -1.21. The summed E-state index contributed by atoms with van der Waals surface area (Å²) in [6.07, 6.45) is 1.07. The molecule has 19 heavy (non-hydrogen) atoms. The molecule has 0 aliphatic heterocycles. The predicted molar refractivity (Wildman–Crippen MR) is 63.9 cm³/mol. The number of amides is 1. The summed E-state index contributed by atoms with van der Waals surface area (Å²) in [7, 11) is 1.69. The van der Waals surface area contributed by atoms with Crippen LogP contribution < -0.4 is 16.4 Å². The standard InChI is InChI=1S/C11H17N3O5/c1-13-10-7(2-8(10)12)11(18)19-5-9(17)14-6(3-15)4-16/h3-4,6-8,10,13H,2,5,12H2,1H3,(H,14,17). The second-order valence-corrected chi connectivity index (χ2v) is 4.29. The summed E-state index contributed by atoms with van der Waals surface area (Å²) in [6.45, 7) is -0.529. The van der Waals surface area contributed by atoms with Crippen molar-refractivity contribution >= 4 is 24.4 Å². The lowest BCUT2D eigenvalue weighted by atomic mass is 9.75. The van der Waals surface area contributed by atoms with Crippen molar-refractivity contribution in [3.63, 3.8) is 0 Å². The van der Waals surface area contributed by atoms with E-state index in [9.17, 15) is 19.2 Å². The first kappa shape index (κ1) is 15.3. The Labute approximate surface area is 110 Å². The van der Waals surface area contributed by atoms with E-state index in [0.29, 0.717) is 6.42 Å². The van der Waals surface area contributed by atoms with Gasteiger partial charge in [0.2, 0.25) is 0 Å². The maximum Gasteiger partial charge on any atom is 0.311 e. The normalized spacial score (nSPS) is 25.3. The second-order valence-electron chi connectivity index (χ2n) is 4.29. The largest absolute Gasteiger partial charge is 0.455 e. The lowest BCUT2D eigenvalue weighted by molar-refractivity contribution is -0.157. The third kappa shape index (κ3) is 3.83. The number of hydrogen-bond donors (Lipinski definition) is 3. The summed E-state index contributed by atoms with van der Waals surface area (Å²) >= 11 is 0. The minimum absolute atomic E-state index is 0.106. The molecule has 1 saturated carbocycles. The van der Waals surface area contributed by atoms with Crippen LogP contribution in [0.1, 0.15) is 6.42 Å². The predicted octanol–water partition coefficient (Wildman–Crippen LogP) is -2.65. The van der Waals surface area contributed by atoms with Crippen molar-refractivity contribution in [1.29, 1.82) is 0 Å². The van der Waals surface area contributed by atoms with E-state index in [0.717, 1.165) is 0 Å². The van der Waals surface area contributed by atoms with Gasteiger partial charge >= 0.3 is 5.97 Å². The number of aldehydes is 2. The van der Waals surface area contributed by atoms with Crippen molar-refractivity contribution in [2.45, 2.75) is 24.5 Å². The van der Waals surface area contributed by atoms with E-state index in [1.165, 1.54) is 0 Å². The van der Waals surface area contributed by atoms with Crippen LogP contribution in [-0.4, -0.2) is 56.2 Å². The zero-order valence-corrected chi connectivity index (χ0v) is 10.5. The number of hydrogen-bond acceptors (Lipinski definition) is 7. The topological polar surface area (TPSA) is 128 Å². The smallest absolute Gasteiger partial charge is 0.311 e. The van der Waals surface area contributed by atoms with Gasteiger partial charge in [-0.1, -0.05) is 0 Å². The quantitative estimate of drug-likeness (QED) is 0.262. The summed E-state index contributed by atoms with van der Waals surface area (Å²) < 4.78 is 4.80. The van der Waals surface area contributed by atoms with Gasteiger partial charge in [0, 0.05) is 12.1 Å². The average Bonchev–Trinajstić information content (AvgIpc) is 2.39. The van der Waals surface area contributed by atoms with Gasteiger partial charge in [0.15, 0.2) is 6.61 Å². The molecular weight excluding hydrogens is 254 g/mol. The molecule has 1 rings (SSSR count). The van der Waals surface area contributed by atoms with Crippen LogP contribution in [0.25, 0.3) is 0 Å². The zero-order chi connectivity index (χ0) is 14.4. The van der Waals surface area contributed by atoms with Crippen LogP contribution in [0.5, 0.6) is 0 Å². The third-order valence-corrected chi connectivity index (χ3v) is 3.02. The minimum Gasteiger partial charge on any atom is -0.455 e. The van der Waals surface area contributed by atoms with Crippen LogP contribution in [0, 0.1) is 5.92 Å². The Morgan fingerprint density at radius 2 is 2.05 bits per heavy atom. The average molecular weight is 271 g/mol. The Hall–Kier alpha value is -1.80. The zero-order valence-electron chi connectivity index (χ0n) is 10.5. The molecule has 1 aliphatic rings. The van der Waals surface area contributed by atoms with Crippen LogP contribution in [0.2, 0.25) is 0 Å². The SMILES string of the molecule is CNC1C(N)CC1C(=O)OCC(=O)NC(C=O)C=O. The number of carbonyl (C=O) groups excluding carboxylic acids is 4. The fourth-order valence-electron chi connectivity index (χ4n) is 1.92. The van der Waals surface area contributed by atoms with Gasteiger partial charge in [0.05, 0.1) is 5.92 Å². The number of ether oxygens (including phenoxy) is 1. The van der Waals surface area contributed by atoms with Crippen molar-refractivity contribution in [3.05, 3.63) is 0 Å². The number of esters is 1. The molecule has 4 N–H and O–H groups in total. The van der Waals surface area contributed by atoms with Gasteiger partial charge in [0.1, 0.15) is 18.6 Å². The molecule has 0 aromatic rings. The molecule has 0 spiro atoms. The van der Waals surface area contributed by atoms with Crippen molar-refractivity contribution in [2.75, 3.05) is 13.7 Å². The molecule has 0 saturated heterocycles. The highest BCUT2D eigenvalue weighted by Gasteiger charge is 2.43. The van der Waals surface area contributed by atoms with E-state index in [-0.39, 0.29) is 30.6 Å². The van der Waals surface area contributed by atoms with Crippen molar-refractivity contribution in [3.8, 4) is 0 Å². The monoisotopic (exact) mass is 271 g/mol. The van der Waals surface area contributed by atoms with E-state index < -0.39 is 24.5 Å². The first-order valence-electron chi connectivity index (χ1n) is 5.83. The molecule has 8 nitrogen and oxygen atoms in total. The summed E-state index contributed by atoms with van der Waals surface area (Å²) in [5, 5.41) is 4.99.